The fourth-order valence-corrected chi connectivity index (χ4v) is 2.65. The molecular formula is C17H17BrN2O. The molecule has 0 aliphatic heterocycles. The van der Waals surface area contributed by atoms with Crippen LogP contribution in [0, 0.1) is 11.3 Å². The van der Waals surface area contributed by atoms with Gasteiger partial charge in [0.25, 0.3) is 0 Å². The second-order valence-electron chi connectivity index (χ2n) is 4.86. The first-order chi connectivity index (χ1) is 10.1. The number of halogens is 1. The van der Waals surface area contributed by atoms with E-state index in [1.54, 1.807) is 12.1 Å². The number of nitriles is 1. The lowest BCUT2D eigenvalue weighted by atomic mass is 10.0. The second-order valence-corrected chi connectivity index (χ2v) is 5.77. The summed E-state index contributed by atoms with van der Waals surface area (Å²) < 4.78 is 0.946. The van der Waals surface area contributed by atoms with E-state index in [-0.39, 0.29) is 6.04 Å². The van der Waals surface area contributed by atoms with Crippen LogP contribution in [0.2, 0.25) is 0 Å². The summed E-state index contributed by atoms with van der Waals surface area (Å²) in [6.45, 7) is 2.73. The Bertz CT molecular complexity index is 664. The van der Waals surface area contributed by atoms with Gasteiger partial charge in [-0.1, -0.05) is 35.0 Å². The molecule has 2 rings (SSSR count). The fourth-order valence-electron chi connectivity index (χ4n) is 2.27. The summed E-state index contributed by atoms with van der Waals surface area (Å²) >= 11 is 3.43. The average Bonchev–Trinajstić information content (AvgIpc) is 2.51. The van der Waals surface area contributed by atoms with Gasteiger partial charge in [-0.05, 0) is 42.3 Å². The van der Waals surface area contributed by atoms with Crippen LogP contribution in [-0.4, -0.2) is 5.11 Å². The van der Waals surface area contributed by atoms with E-state index in [0.29, 0.717) is 17.9 Å². The van der Waals surface area contributed by atoms with E-state index in [1.807, 2.05) is 30.3 Å². The van der Waals surface area contributed by atoms with Crippen LogP contribution in [0.25, 0.3) is 0 Å². The monoisotopic (exact) mass is 344 g/mol. The molecule has 0 radical (unpaired) electrons. The number of hydrogen-bond acceptors (Lipinski definition) is 3. The van der Waals surface area contributed by atoms with Crippen molar-refractivity contribution in [1.29, 1.82) is 5.26 Å². The molecule has 0 spiro atoms. The Morgan fingerprint density at radius 3 is 2.81 bits per heavy atom. The van der Waals surface area contributed by atoms with E-state index in [0.717, 1.165) is 22.0 Å². The predicted octanol–water partition coefficient (Wildman–Crippen LogP) is 4.27. The maximum Gasteiger partial charge on any atom is 0.120 e. The van der Waals surface area contributed by atoms with Crippen LogP contribution >= 0.6 is 15.9 Å². The molecule has 0 bridgehead atoms. The minimum atomic E-state index is 0.0632. The molecule has 21 heavy (non-hydrogen) atoms. The predicted molar refractivity (Wildman–Crippen MR) is 86.8 cm³/mol. The van der Waals surface area contributed by atoms with Crippen molar-refractivity contribution in [2.75, 3.05) is 0 Å². The molecule has 0 aromatic heterocycles. The van der Waals surface area contributed by atoms with Gasteiger partial charge < -0.3 is 10.4 Å². The molecule has 0 saturated heterocycles. The number of rotatable bonds is 5. The van der Waals surface area contributed by atoms with Gasteiger partial charge >= 0.3 is 0 Å². The Balaban J connectivity index is 2.12. The molecule has 0 heterocycles. The topological polar surface area (TPSA) is 56.0 Å². The molecule has 3 nitrogen and oxygen atoms in total. The standard InChI is InChI=1S/C17H17BrN2O/c1-2-16(15-9-14(18)6-7-17(15)21)20-11-13-5-3-4-12(8-13)10-19/h3-9,16,20-21H,2,11H2,1H3. The maximum absolute atomic E-state index is 10.0. The number of aromatic hydroxyl groups is 1. The average molecular weight is 345 g/mol. The van der Waals surface area contributed by atoms with Gasteiger partial charge in [-0.25, -0.2) is 0 Å². The quantitative estimate of drug-likeness (QED) is 0.851. The molecular weight excluding hydrogens is 328 g/mol. The highest BCUT2D eigenvalue weighted by Gasteiger charge is 2.13. The van der Waals surface area contributed by atoms with Gasteiger partial charge in [0.2, 0.25) is 0 Å². The van der Waals surface area contributed by atoms with E-state index in [4.69, 9.17) is 5.26 Å². The highest BCUT2D eigenvalue weighted by molar-refractivity contribution is 9.10. The van der Waals surface area contributed by atoms with E-state index < -0.39 is 0 Å². The maximum atomic E-state index is 10.0. The molecule has 4 heteroatoms. The third-order valence-electron chi connectivity index (χ3n) is 3.38. The Kier molecular flexibility index (Phi) is 5.38. The Morgan fingerprint density at radius 2 is 2.10 bits per heavy atom. The Hall–Kier alpha value is -1.83. The molecule has 0 fully saturated rings. The van der Waals surface area contributed by atoms with Gasteiger partial charge in [-0.3, -0.25) is 0 Å². The number of nitrogens with zero attached hydrogens (tertiary/aromatic N) is 1. The summed E-state index contributed by atoms with van der Waals surface area (Å²) in [5.74, 6) is 0.295. The van der Waals surface area contributed by atoms with Crippen molar-refractivity contribution in [3.8, 4) is 11.8 Å². The summed E-state index contributed by atoms with van der Waals surface area (Å²) in [6, 6.07) is 15.2. The van der Waals surface area contributed by atoms with Crippen molar-refractivity contribution in [1.82, 2.24) is 5.32 Å². The zero-order chi connectivity index (χ0) is 15.2. The number of phenolic OH excluding ortho intramolecular Hbond substituents is 1. The lowest BCUT2D eigenvalue weighted by Crippen LogP contribution is -2.20. The lowest BCUT2D eigenvalue weighted by molar-refractivity contribution is 0.440. The van der Waals surface area contributed by atoms with Crippen molar-refractivity contribution >= 4 is 15.9 Å². The summed E-state index contributed by atoms with van der Waals surface area (Å²) in [5, 5.41) is 22.4. The van der Waals surface area contributed by atoms with Crippen LogP contribution in [-0.2, 0) is 6.54 Å². The van der Waals surface area contributed by atoms with Gasteiger partial charge in [0.1, 0.15) is 5.75 Å². The minimum absolute atomic E-state index is 0.0632. The zero-order valence-corrected chi connectivity index (χ0v) is 13.4. The van der Waals surface area contributed by atoms with Crippen LogP contribution in [0.1, 0.15) is 36.1 Å². The van der Waals surface area contributed by atoms with E-state index in [1.165, 1.54) is 0 Å². The minimum Gasteiger partial charge on any atom is -0.508 e. The number of phenols is 1. The Morgan fingerprint density at radius 1 is 1.29 bits per heavy atom. The molecule has 1 atom stereocenters. The number of benzene rings is 2. The fraction of sp³-hybridized carbons (Fsp3) is 0.235. The van der Waals surface area contributed by atoms with Gasteiger partial charge in [-0.15, -0.1) is 0 Å². The summed E-state index contributed by atoms with van der Waals surface area (Å²) in [4.78, 5) is 0. The van der Waals surface area contributed by atoms with Crippen LogP contribution in [0.15, 0.2) is 46.9 Å². The van der Waals surface area contributed by atoms with Crippen LogP contribution < -0.4 is 5.32 Å². The van der Waals surface area contributed by atoms with Crippen LogP contribution in [0.5, 0.6) is 5.75 Å². The third kappa shape index (κ3) is 4.07. The molecule has 1 unspecified atom stereocenters. The lowest BCUT2D eigenvalue weighted by Gasteiger charge is -2.19. The van der Waals surface area contributed by atoms with E-state index in [9.17, 15) is 5.11 Å². The van der Waals surface area contributed by atoms with Gasteiger partial charge in [-0.2, -0.15) is 5.26 Å². The molecule has 0 saturated carbocycles. The van der Waals surface area contributed by atoms with Crippen LogP contribution in [0.3, 0.4) is 0 Å². The number of nitrogens with one attached hydrogen (secondary N) is 1. The van der Waals surface area contributed by atoms with Crippen molar-refractivity contribution in [2.24, 2.45) is 0 Å². The van der Waals surface area contributed by atoms with Crippen molar-refractivity contribution in [2.45, 2.75) is 25.9 Å². The van der Waals surface area contributed by atoms with Crippen molar-refractivity contribution < 1.29 is 5.11 Å². The first-order valence-corrected chi connectivity index (χ1v) is 7.64. The summed E-state index contributed by atoms with van der Waals surface area (Å²) in [5.41, 5.74) is 2.60. The summed E-state index contributed by atoms with van der Waals surface area (Å²) in [7, 11) is 0. The molecule has 0 aliphatic rings. The highest BCUT2D eigenvalue weighted by atomic mass is 79.9. The Labute approximate surface area is 133 Å². The molecule has 2 N–H and O–H groups in total. The molecule has 2 aromatic rings. The number of hydrogen-bond donors (Lipinski definition) is 2. The molecule has 0 aliphatic carbocycles. The first kappa shape index (κ1) is 15.6. The van der Waals surface area contributed by atoms with Crippen molar-refractivity contribution in [3.05, 3.63) is 63.6 Å². The third-order valence-corrected chi connectivity index (χ3v) is 3.88. The van der Waals surface area contributed by atoms with Gasteiger partial charge in [0.05, 0.1) is 11.6 Å². The first-order valence-electron chi connectivity index (χ1n) is 6.85. The smallest absolute Gasteiger partial charge is 0.120 e. The molecule has 0 amide bonds. The second kappa shape index (κ2) is 7.26. The van der Waals surface area contributed by atoms with E-state index >= 15 is 0 Å². The summed E-state index contributed by atoms with van der Waals surface area (Å²) in [6.07, 6.45) is 0.863. The van der Waals surface area contributed by atoms with Gasteiger partial charge in [0, 0.05) is 22.6 Å². The van der Waals surface area contributed by atoms with Gasteiger partial charge in [0.15, 0.2) is 0 Å². The molecule has 108 valence electrons. The zero-order valence-electron chi connectivity index (χ0n) is 11.8. The SMILES string of the molecule is CCC(NCc1cccc(C#N)c1)c1cc(Br)ccc1O. The van der Waals surface area contributed by atoms with Crippen LogP contribution in [0.4, 0.5) is 0 Å². The van der Waals surface area contributed by atoms with E-state index in [2.05, 4.69) is 34.2 Å². The molecule has 2 aromatic carbocycles. The normalized spacial score (nSPS) is 11.9. The highest BCUT2D eigenvalue weighted by Crippen LogP contribution is 2.29. The largest absolute Gasteiger partial charge is 0.508 e. The van der Waals surface area contributed by atoms with Crippen molar-refractivity contribution in [3.63, 3.8) is 0 Å².